The maximum atomic E-state index is 11.5. The fourth-order valence-electron chi connectivity index (χ4n) is 1.79. The Hall–Kier alpha value is -1.21. The van der Waals surface area contributed by atoms with Crippen molar-refractivity contribution in [3.63, 3.8) is 0 Å². The van der Waals surface area contributed by atoms with E-state index in [9.17, 15) is 8.42 Å². The third-order valence-corrected chi connectivity index (χ3v) is 4.43. The van der Waals surface area contributed by atoms with Crippen molar-refractivity contribution in [1.82, 2.24) is 9.97 Å². The van der Waals surface area contributed by atoms with Crippen LogP contribution in [0.4, 0.5) is 5.82 Å². The lowest BCUT2D eigenvalue weighted by atomic mass is 10.4. The van der Waals surface area contributed by atoms with Crippen molar-refractivity contribution in [3.05, 3.63) is 18.1 Å². The lowest BCUT2D eigenvalue weighted by Gasteiger charge is -2.20. The molecule has 17 heavy (non-hydrogen) atoms. The molecule has 2 rings (SSSR count). The molecule has 0 radical (unpaired) electrons. The second kappa shape index (κ2) is 4.97. The van der Waals surface area contributed by atoms with Crippen molar-refractivity contribution in [2.45, 2.75) is 13.0 Å². The number of hydrogen-bond donors (Lipinski definition) is 1. The van der Waals surface area contributed by atoms with Gasteiger partial charge in [0.15, 0.2) is 9.84 Å². The summed E-state index contributed by atoms with van der Waals surface area (Å²) in [5, 5.41) is 8.98. The van der Waals surface area contributed by atoms with Crippen molar-refractivity contribution in [2.24, 2.45) is 0 Å². The molecular formula is C10H15N3O3S. The molecule has 2 heterocycles. The normalized spacial score (nSPS) is 19.9. The second-order valence-electron chi connectivity index (χ2n) is 4.02. The predicted molar refractivity (Wildman–Crippen MR) is 63.4 cm³/mol. The molecule has 1 N–H and O–H groups in total. The van der Waals surface area contributed by atoms with E-state index in [0.29, 0.717) is 31.0 Å². The molecule has 7 heteroatoms. The summed E-state index contributed by atoms with van der Waals surface area (Å²) < 4.78 is 22.9. The van der Waals surface area contributed by atoms with E-state index in [4.69, 9.17) is 5.11 Å². The van der Waals surface area contributed by atoms with Crippen LogP contribution in [0.25, 0.3) is 0 Å². The second-order valence-corrected chi connectivity index (χ2v) is 6.32. The van der Waals surface area contributed by atoms with Crippen molar-refractivity contribution in [1.29, 1.82) is 0 Å². The van der Waals surface area contributed by atoms with Crippen LogP contribution < -0.4 is 4.90 Å². The third-order valence-electron chi connectivity index (χ3n) is 2.71. The zero-order chi connectivity index (χ0) is 12.3. The van der Waals surface area contributed by atoms with Gasteiger partial charge in [0.2, 0.25) is 0 Å². The monoisotopic (exact) mass is 257 g/mol. The van der Waals surface area contributed by atoms with E-state index >= 15 is 0 Å². The topological polar surface area (TPSA) is 83.4 Å². The minimum absolute atomic E-state index is 0.151. The Morgan fingerprint density at radius 3 is 2.88 bits per heavy atom. The zero-order valence-electron chi connectivity index (χ0n) is 9.41. The first kappa shape index (κ1) is 12.3. The summed E-state index contributed by atoms with van der Waals surface area (Å²) in [4.78, 5) is 10.1. The number of nitrogens with zero attached hydrogens (tertiary/aromatic N) is 3. The van der Waals surface area contributed by atoms with Gasteiger partial charge in [-0.25, -0.2) is 13.4 Å². The van der Waals surface area contributed by atoms with Crippen LogP contribution in [0.15, 0.2) is 12.4 Å². The van der Waals surface area contributed by atoms with Crippen molar-refractivity contribution < 1.29 is 13.5 Å². The quantitative estimate of drug-likeness (QED) is 0.775. The molecule has 0 spiro atoms. The molecule has 0 amide bonds. The Labute approximate surface area is 100 Å². The van der Waals surface area contributed by atoms with Gasteiger partial charge < -0.3 is 10.0 Å². The summed E-state index contributed by atoms with van der Waals surface area (Å²) in [6.07, 6.45) is 3.70. The van der Waals surface area contributed by atoms with Crippen LogP contribution in [-0.4, -0.2) is 48.1 Å². The largest absolute Gasteiger partial charge is 0.390 e. The van der Waals surface area contributed by atoms with Gasteiger partial charge in [-0.3, -0.25) is 4.98 Å². The van der Waals surface area contributed by atoms with Crippen LogP contribution in [0.2, 0.25) is 0 Å². The van der Waals surface area contributed by atoms with E-state index in [1.165, 1.54) is 6.20 Å². The highest BCUT2D eigenvalue weighted by Crippen LogP contribution is 2.14. The van der Waals surface area contributed by atoms with Crippen molar-refractivity contribution in [3.8, 4) is 0 Å². The highest BCUT2D eigenvalue weighted by molar-refractivity contribution is 7.91. The lowest BCUT2D eigenvalue weighted by molar-refractivity contribution is 0.276. The molecule has 0 aliphatic carbocycles. The molecule has 1 aliphatic rings. The highest BCUT2D eigenvalue weighted by Gasteiger charge is 2.20. The Morgan fingerprint density at radius 1 is 1.29 bits per heavy atom. The van der Waals surface area contributed by atoms with Gasteiger partial charge in [-0.1, -0.05) is 0 Å². The van der Waals surface area contributed by atoms with Crippen molar-refractivity contribution >= 4 is 15.7 Å². The van der Waals surface area contributed by atoms with Gasteiger partial charge in [-0.15, -0.1) is 0 Å². The van der Waals surface area contributed by atoms with E-state index in [2.05, 4.69) is 9.97 Å². The fourth-order valence-corrected chi connectivity index (χ4v) is 3.06. The van der Waals surface area contributed by atoms with Gasteiger partial charge in [0, 0.05) is 13.1 Å². The summed E-state index contributed by atoms with van der Waals surface area (Å²) in [6.45, 7) is 0.932. The predicted octanol–water partition coefficient (Wildman–Crippen LogP) is -0.406. The number of rotatable bonds is 2. The summed E-state index contributed by atoms with van der Waals surface area (Å²) in [5.41, 5.74) is 0.495. The summed E-state index contributed by atoms with van der Waals surface area (Å²) >= 11 is 0. The number of sulfone groups is 1. The average molecular weight is 257 g/mol. The molecule has 6 nitrogen and oxygen atoms in total. The minimum atomic E-state index is -2.92. The van der Waals surface area contributed by atoms with E-state index in [1.54, 1.807) is 6.20 Å². The van der Waals surface area contributed by atoms with E-state index < -0.39 is 9.84 Å². The van der Waals surface area contributed by atoms with Gasteiger partial charge >= 0.3 is 0 Å². The average Bonchev–Trinajstić information content (AvgIpc) is 2.50. The molecule has 0 atom stereocenters. The van der Waals surface area contributed by atoms with Crippen LogP contribution >= 0.6 is 0 Å². The van der Waals surface area contributed by atoms with Crippen LogP contribution in [0.1, 0.15) is 12.1 Å². The Balaban J connectivity index is 2.16. The van der Waals surface area contributed by atoms with Gasteiger partial charge in [0.25, 0.3) is 0 Å². The van der Waals surface area contributed by atoms with Crippen LogP contribution in [0.5, 0.6) is 0 Å². The lowest BCUT2D eigenvalue weighted by Crippen LogP contribution is -2.27. The molecule has 1 fully saturated rings. The smallest absolute Gasteiger partial charge is 0.152 e. The Bertz CT molecular complexity index is 489. The van der Waals surface area contributed by atoms with E-state index in [0.717, 1.165) is 0 Å². The fraction of sp³-hybridized carbons (Fsp3) is 0.600. The van der Waals surface area contributed by atoms with Gasteiger partial charge in [0.05, 0.1) is 36.2 Å². The summed E-state index contributed by atoms with van der Waals surface area (Å²) in [5.74, 6) is 1.02. The Kier molecular flexibility index (Phi) is 3.58. The molecule has 94 valence electrons. The molecular weight excluding hydrogens is 242 g/mol. The van der Waals surface area contributed by atoms with E-state index in [-0.39, 0.29) is 18.1 Å². The number of aliphatic hydroxyl groups is 1. The number of anilines is 1. The third kappa shape index (κ3) is 3.13. The minimum Gasteiger partial charge on any atom is -0.390 e. The standard InChI is InChI=1S/C10H15N3O3S/c14-8-9-6-11-7-10(12-9)13-2-1-4-17(15,16)5-3-13/h6-7,14H,1-5,8H2. The van der Waals surface area contributed by atoms with Gasteiger partial charge in [-0.2, -0.15) is 0 Å². The molecule has 0 unspecified atom stereocenters. The molecule has 1 aliphatic heterocycles. The van der Waals surface area contributed by atoms with Gasteiger partial charge in [-0.05, 0) is 6.42 Å². The Morgan fingerprint density at radius 2 is 2.12 bits per heavy atom. The first-order valence-electron chi connectivity index (χ1n) is 5.48. The number of hydrogen-bond acceptors (Lipinski definition) is 6. The molecule has 1 aromatic rings. The van der Waals surface area contributed by atoms with Crippen LogP contribution in [0.3, 0.4) is 0 Å². The molecule has 0 saturated carbocycles. The summed E-state index contributed by atoms with van der Waals surface area (Å²) in [6, 6.07) is 0. The first-order chi connectivity index (χ1) is 8.11. The van der Waals surface area contributed by atoms with Crippen LogP contribution in [-0.2, 0) is 16.4 Å². The van der Waals surface area contributed by atoms with Crippen LogP contribution in [0, 0.1) is 0 Å². The maximum absolute atomic E-state index is 11.5. The molecule has 0 aromatic carbocycles. The number of aromatic nitrogens is 2. The van der Waals surface area contributed by atoms with Gasteiger partial charge in [0.1, 0.15) is 5.82 Å². The molecule has 0 bridgehead atoms. The maximum Gasteiger partial charge on any atom is 0.152 e. The number of aliphatic hydroxyl groups excluding tert-OH is 1. The van der Waals surface area contributed by atoms with E-state index in [1.807, 2.05) is 4.90 Å². The molecule has 1 saturated heterocycles. The highest BCUT2D eigenvalue weighted by atomic mass is 32.2. The summed E-state index contributed by atoms with van der Waals surface area (Å²) in [7, 11) is -2.92. The molecule has 1 aromatic heterocycles. The zero-order valence-corrected chi connectivity index (χ0v) is 10.2. The van der Waals surface area contributed by atoms with Crippen molar-refractivity contribution in [2.75, 3.05) is 29.5 Å². The first-order valence-corrected chi connectivity index (χ1v) is 7.30. The SMILES string of the molecule is O=S1(=O)CCCN(c2cncc(CO)n2)CC1.